The first-order valence-electron chi connectivity index (χ1n) is 9.79. The SMILES string of the molecule is O=C(Nc1ccc(OCc2ccccc2)cc1)c1ccc(N2CCOCC2)cc1. The van der Waals surface area contributed by atoms with Crippen molar-refractivity contribution in [3.05, 3.63) is 90.0 Å². The number of benzene rings is 3. The minimum Gasteiger partial charge on any atom is -0.489 e. The van der Waals surface area contributed by atoms with Crippen molar-refractivity contribution in [1.82, 2.24) is 0 Å². The Hall–Kier alpha value is -3.31. The number of carbonyl (C=O) groups excluding carboxylic acids is 1. The zero-order chi connectivity index (χ0) is 19.9. The second-order valence-corrected chi connectivity index (χ2v) is 6.90. The summed E-state index contributed by atoms with van der Waals surface area (Å²) in [6.45, 7) is 3.76. The van der Waals surface area contributed by atoms with E-state index in [1.807, 2.05) is 78.9 Å². The summed E-state index contributed by atoms with van der Waals surface area (Å²) < 4.78 is 11.2. The molecule has 0 spiro atoms. The number of ether oxygens (including phenoxy) is 2. The lowest BCUT2D eigenvalue weighted by atomic mass is 10.1. The molecule has 1 fully saturated rings. The second kappa shape index (κ2) is 9.26. The Morgan fingerprint density at radius 2 is 1.59 bits per heavy atom. The summed E-state index contributed by atoms with van der Waals surface area (Å²) in [4.78, 5) is 14.8. The van der Waals surface area contributed by atoms with E-state index in [2.05, 4.69) is 10.2 Å². The van der Waals surface area contributed by atoms with Gasteiger partial charge in [0.2, 0.25) is 0 Å². The largest absolute Gasteiger partial charge is 0.489 e. The lowest BCUT2D eigenvalue weighted by molar-refractivity contribution is 0.102. The number of anilines is 2. The average Bonchev–Trinajstić information content (AvgIpc) is 2.80. The molecule has 1 N–H and O–H groups in total. The van der Waals surface area contributed by atoms with Gasteiger partial charge in [-0.15, -0.1) is 0 Å². The minimum atomic E-state index is -0.128. The van der Waals surface area contributed by atoms with Gasteiger partial charge in [0, 0.05) is 30.0 Å². The van der Waals surface area contributed by atoms with Crippen molar-refractivity contribution < 1.29 is 14.3 Å². The molecule has 0 atom stereocenters. The summed E-state index contributed by atoms with van der Waals surface area (Å²) in [5.74, 6) is 0.637. The molecule has 1 heterocycles. The van der Waals surface area contributed by atoms with Crippen LogP contribution in [0.1, 0.15) is 15.9 Å². The lowest BCUT2D eigenvalue weighted by Crippen LogP contribution is -2.36. The smallest absolute Gasteiger partial charge is 0.255 e. The molecule has 5 heteroatoms. The normalized spacial score (nSPS) is 13.7. The van der Waals surface area contributed by atoms with Crippen LogP contribution in [0.15, 0.2) is 78.9 Å². The maximum Gasteiger partial charge on any atom is 0.255 e. The maximum atomic E-state index is 12.5. The van der Waals surface area contributed by atoms with Gasteiger partial charge in [0.15, 0.2) is 0 Å². The molecule has 3 aromatic carbocycles. The van der Waals surface area contributed by atoms with Crippen LogP contribution < -0.4 is 15.0 Å². The minimum absolute atomic E-state index is 0.128. The fourth-order valence-corrected chi connectivity index (χ4v) is 3.22. The number of hydrogen-bond donors (Lipinski definition) is 1. The van der Waals surface area contributed by atoms with E-state index >= 15 is 0 Å². The third-order valence-corrected chi connectivity index (χ3v) is 4.87. The number of amides is 1. The summed E-state index contributed by atoms with van der Waals surface area (Å²) in [5, 5.41) is 2.93. The Morgan fingerprint density at radius 1 is 0.897 bits per heavy atom. The first kappa shape index (κ1) is 19.0. The van der Waals surface area contributed by atoms with E-state index in [1.165, 1.54) is 0 Å². The Bertz CT molecular complexity index is 919. The van der Waals surface area contributed by atoms with E-state index in [1.54, 1.807) is 0 Å². The Morgan fingerprint density at radius 3 is 2.28 bits per heavy atom. The van der Waals surface area contributed by atoms with E-state index in [9.17, 15) is 4.79 Å². The van der Waals surface area contributed by atoms with Crippen LogP contribution in [0.4, 0.5) is 11.4 Å². The van der Waals surface area contributed by atoms with Crippen LogP contribution in [0.5, 0.6) is 5.75 Å². The second-order valence-electron chi connectivity index (χ2n) is 6.90. The first-order chi connectivity index (χ1) is 14.3. The van der Waals surface area contributed by atoms with Crippen LogP contribution in [0, 0.1) is 0 Å². The molecule has 4 rings (SSSR count). The molecule has 5 nitrogen and oxygen atoms in total. The van der Waals surface area contributed by atoms with Crippen molar-refractivity contribution >= 4 is 17.3 Å². The van der Waals surface area contributed by atoms with Gasteiger partial charge in [-0.3, -0.25) is 4.79 Å². The third-order valence-electron chi connectivity index (χ3n) is 4.87. The topological polar surface area (TPSA) is 50.8 Å². The molecule has 148 valence electrons. The number of morpholine rings is 1. The highest BCUT2D eigenvalue weighted by Crippen LogP contribution is 2.20. The van der Waals surface area contributed by atoms with E-state index in [0.717, 1.165) is 49.0 Å². The molecule has 1 amide bonds. The fraction of sp³-hybridized carbons (Fsp3) is 0.208. The molecule has 1 aliphatic rings. The quantitative estimate of drug-likeness (QED) is 0.682. The van der Waals surface area contributed by atoms with Crippen molar-refractivity contribution in [2.24, 2.45) is 0 Å². The highest BCUT2D eigenvalue weighted by atomic mass is 16.5. The monoisotopic (exact) mass is 388 g/mol. The van der Waals surface area contributed by atoms with Gasteiger partial charge in [-0.25, -0.2) is 0 Å². The predicted octanol–water partition coefficient (Wildman–Crippen LogP) is 4.35. The van der Waals surface area contributed by atoms with Crippen molar-refractivity contribution in [2.45, 2.75) is 6.61 Å². The molecule has 0 radical (unpaired) electrons. The standard InChI is InChI=1S/C24H24N2O3/c27-24(20-6-10-22(11-7-20)26-14-16-28-17-15-26)25-21-8-12-23(13-9-21)29-18-19-4-2-1-3-5-19/h1-13H,14-18H2,(H,25,27). The summed E-state index contributed by atoms with van der Waals surface area (Å²) in [5.41, 5.74) is 3.60. The molecule has 0 aliphatic carbocycles. The summed E-state index contributed by atoms with van der Waals surface area (Å²) >= 11 is 0. The summed E-state index contributed by atoms with van der Waals surface area (Å²) in [6, 6.07) is 25.1. The Balaban J connectivity index is 1.32. The van der Waals surface area contributed by atoms with Crippen molar-refractivity contribution in [2.75, 3.05) is 36.5 Å². The molecule has 1 aliphatic heterocycles. The predicted molar refractivity (Wildman–Crippen MR) is 115 cm³/mol. The molecule has 1 saturated heterocycles. The van der Waals surface area contributed by atoms with Crippen LogP contribution in [-0.2, 0) is 11.3 Å². The van der Waals surface area contributed by atoms with Crippen LogP contribution in [0.2, 0.25) is 0 Å². The van der Waals surface area contributed by atoms with Gasteiger partial charge in [-0.2, -0.15) is 0 Å². The van der Waals surface area contributed by atoms with Gasteiger partial charge in [0.05, 0.1) is 13.2 Å². The average molecular weight is 388 g/mol. The highest BCUT2D eigenvalue weighted by Gasteiger charge is 2.12. The summed E-state index contributed by atoms with van der Waals surface area (Å²) in [6.07, 6.45) is 0. The van der Waals surface area contributed by atoms with Crippen molar-refractivity contribution in [1.29, 1.82) is 0 Å². The number of carbonyl (C=O) groups is 1. The van der Waals surface area contributed by atoms with E-state index in [0.29, 0.717) is 12.2 Å². The Kier molecular flexibility index (Phi) is 6.07. The molecule has 0 bridgehead atoms. The number of hydrogen-bond acceptors (Lipinski definition) is 4. The van der Waals surface area contributed by atoms with Gasteiger partial charge in [0.1, 0.15) is 12.4 Å². The fourth-order valence-electron chi connectivity index (χ4n) is 3.22. The zero-order valence-corrected chi connectivity index (χ0v) is 16.2. The maximum absolute atomic E-state index is 12.5. The van der Waals surface area contributed by atoms with Crippen LogP contribution in [0.3, 0.4) is 0 Å². The molecule has 0 saturated carbocycles. The molecular weight excluding hydrogens is 364 g/mol. The number of nitrogens with zero attached hydrogens (tertiary/aromatic N) is 1. The molecule has 0 unspecified atom stereocenters. The van der Waals surface area contributed by atoms with E-state index in [4.69, 9.17) is 9.47 Å². The van der Waals surface area contributed by atoms with Gasteiger partial charge in [-0.1, -0.05) is 30.3 Å². The highest BCUT2D eigenvalue weighted by molar-refractivity contribution is 6.04. The van der Waals surface area contributed by atoms with Gasteiger partial charge in [-0.05, 0) is 54.1 Å². The van der Waals surface area contributed by atoms with E-state index < -0.39 is 0 Å². The molecule has 29 heavy (non-hydrogen) atoms. The first-order valence-corrected chi connectivity index (χ1v) is 9.79. The lowest BCUT2D eigenvalue weighted by Gasteiger charge is -2.28. The van der Waals surface area contributed by atoms with Gasteiger partial charge in [0.25, 0.3) is 5.91 Å². The number of rotatable bonds is 6. The van der Waals surface area contributed by atoms with Crippen molar-refractivity contribution in [3.8, 4) is 5.75 Å². The van der Waals surface area contributed by atoms with Crippen LogP contribution in [-0.4, -0.2) is 32.2 Å². The van der Waals surface area contributed by atoms with E-state index in [-0.39, 0.29) is 5.91 Å². The van der Waals surface area contributed by atoms with Crippen molar-refractivity contribution in [3.63, 3.8) is 0 Å². The summed E-state index contributed by atoms with van der Waals surface area (Å²) in [7, 11) is 0. The van der Waals surface area contributed by atoms with Crippen LogP contribution in [0.25, 0.3) is 0 Å². The van der Waals surface area contributed by atoms with Gasteiger partial charge < -0.3 is 19.7 Å². The molecular formula is C24H24N2O3. The Labute approximate surface area is 170 Å². The number of nitrogens with one attached hydrogen (secondary N) is 1. The zero-order valence-electron chi connectivity index (χ0n) is 16.2. The third kappa shape index (κ3) is 5.15. The molecule has 0 aromatic heterocycles. The van der Waals surface area contributed by atoms with Crippen LogP contribution >= 0.6 is 0 Å². The van der Waals surface area contributed by atoms with Gasteiger partial charge >= 0.3 is 0 Å². The molecule has 3 aromatic rings.